The number of nitrogens with two attached hydrogens (primary N) is 1. The number of aliphatic hydroxyl groups excluding tert-OH is 1. The van der Waals surface area contributed by atoms with E-state index < -0.39 is 11.0 Å². The summed E-state index contributed by atoms with van der Waals surface area (Å²) in [5.41, 5.74) is 6.04. The molecule has 6 heteroatoms. The maximum Gasteiger partial charge on any atom is 0.283 e. The molecular formula is C8H9BrN2O3. The largest absolute Gasteiger partial charge is 0.394 e. The first-order valence-corrected chi connectivity index (χ1v) is 4.66. The molecule has 0 unspecified atom stereocenters. The van der Waals surface area contributed by atoms with Gasteiger partial charge in [-0.05, 0) is 21.5 Å². The molecule has 0 aliphatic carbocycles. The minimum absolute atomic E-state index is 0.0496. The first-order valence-electron chi connectivity index (χ1n) is 3.87. The predicted molar refractivity (Wildman–Crippen MR) is 54.8 cm³/mol. The third-order valence-electron chi connectivity index (χ3n) is 1.80. The summed E-state index contributed by atoms with van der Waals surface area (Å²) in [6.45, 7) is -0.250. The fraction of sp³-hybridized carbons (Fsp3) is 0.250. The van der Waals surface area contributed by atoms with Gasteiger partial charge in [0.2, 0.25) is 0 Å². The number of hydrogen-bond donors (Lipinski definition) is 2. The van der Waals surface area contributed by atoms with Gasteiger partial charge >= 0.3 is 0 Å². The Morgan fingerprint density at radius 3 is 2.79 bits per heavy atom. The summed E-state index contributed by atoms with van der Waals surface area (Å²) in [5, 5.41) is 19.4. The highest BCUT2D eigenvalue weighted by atomic mass is 79.9. The number of hydrogen-bond acceptors (Lipinski definition) is 4. The van der Waals surface area contributed by atoms with E-state index in [1.54, 1.807) is 6.07 Å². The van der Waals surface area contributed by atoms with Gasteiger partial charge in [-0.3, -0.25) is 10.1 Å². The van der Waals surface area contributed by atoms with Crippen LogP contribution in [0.2, 0.25) is 0 Å². The Bertz CT molecular complexity index is 356. The quantitative estimate of drug-likeness (QED) is 0.634. The first-order chi connectivity index (χ1) is 6.57. The monoisotopic (exact) mass is 260 g/mol. The van der Waals surface area contributed by atoms with Gasteiger partial charge in [0, 0.05) is 6.07 Å². The number of halogens is 1. The standard InChI is InChI=1S/C8H9BrN2O3/c9-8-5(6(10)4-12)2-1-3-7(8)11(13)14/h1-3,6,12H,4,10H2/t6-/m0/s1. The molecule has 1 aromatic rings. The second kappa shape index (κ2) is 4.50. The van der Waals surface area contributed by atoms with Crippen molar-refractivity contribution in [3.8, 4) is 0 Å². The van der Waals surface area contributed by atoms with Gasteiger partial charge in [0.1, 0.15) is 4.47 Å². The van der Waals surface area contributed by atoms with Crippen LogP contribution >= 0.6 is 15.9 Å². The van der Waals surface area contributed by atoms with Crippen molar-refractivity contribution in [3.63, 3.8) is 0 Å². The lowest BCUT2D eigenvalue weighted by molar-refractivity contribution is -0.385. The third-order valence-corrected chi connectivity index (χ3v) is 2.67. The summed E-state index contributed by atoms with van der Waals surface area (Å²) in [5.74, 6) is 0. The van der Waals surface area contributed by atoms with Gasteiger partial charge in [-0.15, -0.1) is 0 Å². The molecule has 14 heavy (non-hydrogen) atoms. The van der Waals surface area contributed by atoms with Gasteiger partial charge in [-0.25, -0.2) is 0 Å². The molecule has 0 amide bonds. The molecule has 0 bridgehead atoms. The highest BCUT2D eigenvalue weighted by Crippen LogP contribution is 2.30. The van der Waals surface area contributed by atoms with Crippen LogP contribution in [0.25, 0.3) is 0 Å². The van der Waals surface area contributed by atoms with Crippen molar-refractivity contribution in [2.75, 3.05) is 6.61 Å². The number of nitrogens with zero attached hydrogens (tertiary/aromatic N) is 1. The lowest BCUT2D eigenvalue weighted by atomic mass is 10.1. The smallest absolute Gasteiger partial charge is 0.283 e. The minimum Gasteiger partial charge on any atom is -0.394 e. The summed E-state index contributed by atoms with van der Waals surface area (Å²) in [6, 6.07) is 3.94. The maximum atomic E-state index is 10.6. The van der Waals surface area contributed by atoms with E-state index in [1.165, 1.54) is 12.1 Å². The Labute approximate surface area is 88.8 Å². The lowest BCUT2D eigenvalue weighted by Crippen LogP contribution is -2.15. The summed E-state index contributed by atoms with van der Waals surface area (Å²) in [6.07, 6.45) is 0. The number of aliphatic hydroxyl groups is 1. The van der Waals surface area contributed by atoms with Crippen molar-refractivity contribution in [1.82, 2.24) is 0 Å². The number of benzene rings is 1. The van der Waals surface area contributed by atoms with E-state index in [9.17, 15) is 10.1 Å². The van der Waals surface area contributed by atoms with E-state index in [0.29, 0.717) is 10.0 Å². The zero-order valence-electron chi connectivity index (χ0n) is 7.18. The Morgan fingerprint density at radius 1 is 1.64 bits per heavy atom. The van der Waals surface area contributed by atoms with E-state index in [-0.39, 0.29) is 12.3 Å². The van der Waals surface area contributed by atoms with Gasteiger partial charge in [0.15, 0.2) is 0 Å². The second-order valence-corrected chi connectivity index (χ2v) is 3.52. The first kappa shape index (κ1) is 11.1. The highest BCUT2D eigenvalue weighted by Gasteiger charge is 2.17. The van der Waals surface area contributed by atoms with Crippen LogP contribution < -0.4 is 5.73 Å². The van der Waals surface area contributed by atoms with E-state index >= 15 is 0 Å². The molecule has 0 aliphatic rings. The molecule has 0 saturated heterocycles. The second-order valence-electron chi connectivity index (χ2n) is 2.73. The molecule has 0 aromatic heterocycles. The molecule has 3 N–H and O–H groups in total. The number of rotatable bonds is 3. The highest BCUT2D eigenvalue weighted by molar-refractivity contribution is 9.10. The molecule has 5 nitrogen and oxygen atoms in total. The molecule has 0 saturated carbocycles. The Morgan fingerprint density at radius 2 is 2.29 bits per heavy atom. The van der Waals surface area contributed by atoms with Crippen LogP contribution in [-0.2, 0) is 0 Å². The van der Waals surface area contributed by atoms with E-state index in [2.05, 4.69) is 15.9 Å². The summed E-state index contributed by atoms with van der Waals surface area (Å²) < 4.78 is 0.326. The maximum absolute atomic E-state index is 10.6. The molecule has 76 valence electrons. The normalized spacial score (nSPS) is 12.5. The Kier molecular flexibility index (Phi) is 3.56. The molecular weight excluding hydrogens is 252 g/mol. The topological polar surface area (TPSA) is 89.4 Å². The number of nitro groups is 1. The minimum atomic E-state index is -0.607. The van der Waals surface area contributed by atoms with Gasteiger partial charge in [0.05, 0.1) is 17.6 Å². The van der Waals surface area contributed by atoms with Crippen LogP contribution in [0.5, 0.6) is 0 Å². The van der Waals surface area contributed by atoms with Crippen LogP contribution in [0.3, 0.4) is 0 Å². The van der Waals surface area contributed by atoms with Gasteiger partial charge in [0.25, 0.3) is 5.69 Å². The summed E-state index contributed by atoms with van der Waals surface area (Å²) >= 11 is 3.09. The van der Waals surface area contributed by atoms with Crippen molar-refractivity contribution in [2.24, 2.45) is 5.73 Å². The average molecular weight is 261 g/mol. The molecule has 1 aromatic carbocycles. The molecule has 0 radical (unpaired) electrons. The average Bonchev–Trinajstić information content (AvgIpc) is 2.16. The van der Waals surface area contributed by atoms with Crippen molar-refractivity contribution >= 4 is 21.6 Å². The van der Waals surface area contributed by atoms with E-state index in [4.69, 9.17) is 10.8 Å². The van der Waals surface area contributed by atoms with Crippen molar-refractivity contribution in [2.45, 2.75) is 6.04 Å². The third kappa shape index (κ3) is 2.09. The SMILES string of the molecule is N[C@@H](CO)c1cccc([N+](=O)[O-])c1Br. The van der Waals surface area contributed by atoms with Crippen LogP contribution in [-0.4, -0.2) is 16.6 Å². The Hall–Kier alpha value is -0.980. The van der Waals surface area contributed by atoms with Crippen LogP contribution in [0, 0.1) is 10.1 Å². The molecule has 0 aliphatic heterocycles. The van der Waals surface area contributed by atoms with Crippen LogP contribution in [0.1, 0.15) is 11.6 Å². The molecule has 0 heterocycles. The molecule has 1 rings (SSSR count). The zero-order chi connectivity index (χ0) is 10.7. The summed E-state index contributed by atoms with van der Waals surface area (Å²) in [4.78, 5) is 10.1. The fourth-order valence-electron chi connectivity index (χ4n) is 1.06. The van der Waals surface area contributed by atoms with Gasteiger partial charge in [-0.1, -0.05) is 12.1 Å². The van der Waals surface area contributed by atoms with Crippen LogP contribution in [0.4, 0.5) is 5.69 Å². The van der Waals surface area contributed by atoms with Gasteiger partial charge in [-0.2, -0.15) is 0 Å². The fourth-order valence-corrected chi connectivity index (χ4v) is 1.77. The van der Waals surface area contributed by atoms with Crippen molar-refractivity contribution in [1.29, 1.82) is 0 Å². The molecule has 0 fully saturated rings. The van der Waals surface area contributed by atoms with Crippen LogP contribution in [0.15, 0.2) is 22.7 Å². The van der Waals surface area contributed by atoms with E-state index in [1.807, 2.05) is 0 Å². The summed E-state index contributed by atoms with van der Waals surface area (Å²) in [7, 11) is 0. The molecule has 0 spiro atoms. The lowest BCUT2D eigenvalue weighted by Gasteiger charge is -2.10. The van der Waals surface area contributed by atoms with Crippen molar-refractivity contribution < 1.29 is 10.0 Å². The van der Waals surface area contributed by atoms with Crippen molar-refractivity contribution in [3.05, 3.63) is 38.3 Å². The number of nitro benzene ring substituents is 1. The van der Waals surface area contributed by atoms with Gasteiger partial charge < -0.3 is 10.8 Å². The zero-order valence-corrected chi connectivity index (χ0v) is 8.77. The molecule has 1 atom stereocenters. The van der Waals surface area contributed by atoms with E-state index in [0.717, 1.165) is 0 Å². The predicted octanol–water partition coefficient (Wildman–Crippen LogP) is 1.35. The Balaban J connectivity index is 3.20.